The molecule has 1 aliphatic rings. The Morgan fingerprint density at radius 3 is 2.54 bits per heavy atom. The average Bonchev–Trinajstić information content (AvgIpc) is 3.18. The van der Waals surface area contributed by atoms with Gasteiger partial charge in [-0.3, -0.25) is 0 Å². The van der Waals surface area contributed by atoms with Gasteiger partial charge in [-0.15, -0.1) is 0 Å². The summed E-state index contributed by atoms with van der Waals surface area (Å²) in [4.78, 5) is 2.28. The predicted molar refractivity (Wildman–Crippen MR) is 118 cm³/mol. The number of aromatic nitrogens is 1. The van der Waals surface area contributed by atoms with E-state index in [1.807, 2.05) is 31.2 Å². The summed E-state index contributed by atoms with van der Waals surface area (Å²) in [6.07, 6.45) is 2.15. The van der Waals surface area contributed by atoms with Crippen molar-refractivity contribution < 1.29 is 4.74 Å². The van der Waals surface area contributed by atoms with Crippen LogP contribution in [-0.2, 0) is 6.54 Å². The maximum Gasteiger partial charge on any atom is 0.174 e. The highest BCUT2D eigenvalue weighted by atomic mass is 32.1. The first-order chi connectivity index (χ1) is 13.7. The van der Waals surface area contributed by atoms with Crippen molar-refractivity contribution in [1.29, 1.82) is 0 Å². The highest BCUT2D eigenvalue weighted by molar-refractivity contribution is 7.80. The van der Waals surface area contributed by atoms with Crippen molar-refractivity contribution in [2.45, 2.75) is 26.4 Å². The van der Waals surface area contributed by atoms with Crippen molar-refractivity contribution in [3.8, 4) is 5.75 Å². The van der Waals surface area contributed by atoms with Gasteiger partial charge >= 0.3 is 0 Å². The van der Waals surface area contributed by atoms with Crippen LogP contribution in [0.15, 0.2) is 66.9 Å². The Morgan fingerprint density at radius 2 is 1.82 bits per heavy atom. The maximum atomic E-state index is 5.82. The normalized spacial score (nSPS) is 15.8. The second-order valence-corrected chi connectivity index (χ2v) is 7.41. The van der Waals surface area contributed by atoms with Gasteiger partial charge in [0.25, 0.3) is 0 Å². The zero-order valence-corrected chi connectivity index (χ0v) is 17.1. The highest BCUT2D eigenvalue weighted by Gasteiger charge is 2.30. The van der Waals surface area contributed by atoms with Crippen LogP contribution in [0, 0.1) is 6.92 Å². The molecule has 0 saturated carbocycles. The third kappa shape index (κ3) is 3.76. The zero-order chi connectivity index (χ0) is 19.5. The summed E-state index contributed by atoms with van der Waals surface area (Å²) < 4.78 is 7.84. The number of aryl methyl sites for hydroxylation is 1. The molecular formula is C23H25N3OS. The van der Waals surface area contributed by atoms with E-state index in [0.717, 1.165) is 29.6 Å². The average molecular weight is 392 g/mol. The smallest absolute Gasteiger partial charge is 0.174 e. The standard InChI is InChI=1S/C23H25N3OS/c1-3-27-20-12-10-19(11-13-20)24-23(28)26-16-15-25-14-4-5-21(25)22(26)18-8-6-17(2)7-9-18/h4-14,22H,3,15-16H2,1-2H3,(H,24,28)/t22-/m1/s1. The Morgan fingerprint density at radius 1 is 1.07 bits per heavy atom. The molecule has 0 saturated heterocycles. The van der Waals surface area contributed by atoms with Crippen LogP contribution in [0.25, 0.3) is 0 Å². The summed E-state index contributed by atoms with van der Waals surface area (Å²) in [7, 11) is 0. The van der Waals surface area contributed by atoms with Gasteiger partial charge in [0, 0.05) is 30.7 Å². The van der Waals surface area contributed by atoms with Gasteiger partial charge in [0.2, 0.25) is 0 Å². The van der Waals surface area contributed by atoms with E-state index in [2.05, 4.69) is 64.3 Å². The van der Waals surface area contributed by atoms with Gasteiger partial charge in [-0.05, 0) is 68.0 Å². The summed E-state index contributed by atoms with van der Waals surface area (Å²) in [6.45, 7) is 6.55. The largest absolute Gasteiger partial charge is 0.494 e. The minimum absolute atomic E-state index is 0.104. The molecule has 5 heteroatoms. The van der Waals surface area contributed by atoms with Crippen LogP contribution in [-0.4, -0.2) is 27.7 Å². The van der Waals surface area contributed by atoms with E-state index in [1.165, 1.54) is 16.8 Å². The first-order valence-corrected chi connectivity index (χ1v) is 10.1. The summed E-state index contributed by atoms with van der Waals surface area (Å²) in [5.41, 5.74) is 4.75. The van der Waals surface area contributed by atoms with Crippen molar-refractivity contribution in [3.05, 3.63) is 83.7 Å². The van der Waals surface area contributed by atoms with Crippen LogP contribution in [0.3, 0.4) is 0 Å². The zero-order valence-electron chi connectivity index (χ0n) is 16.3. The predicted octanol–water partition coefficient (Wildman–Crippen LogP) is 5.00. The minimum Gasteiger partial charge on any atom is -0.494 e. The monoisotopic (exact) mass is 391 g/mol. The van der Waals surface area contributed by atoms with Gasteiger partial charge in [-0.25, -0.2) is 0 Å². The number of ether oxygens (including phenoxy) is 1. The summed E-state index contributed by atoms with van der Waals surface area (Å²) >= 11 is 5.82. The first kappa shape index (κ1) is 18.6. The lowest BCUT2D eigenvalue weighted by atomic mass is 9.99. The SMILES string of the molecule is CCOc1ccc(NC(=S)N2CCn3cccc3[C@H]2c2ccc(C)cc2)cc1. The third-order valence-corrected chi connectivity index (χ3v) is 5.45. The van der Waals surface area contributed by atoms with Gasteiger partial charge in [-0.1, -0.05) is 29.8 Å². The van der Waals surface area contributed by atoms with E-state index in [9.17, 15) is 0 Å². The number of rotatable bonds is 4. The van der Waals surface area contributed by atoms with Crippen molar-refractivity contribution >= 4 is 23.0 Å². The molecule has 0 radical (unpaired) electrons. The quantitative estimate of drug-likeness (QED) is 0.634. The first-order valence-electron chi connectivity index (χ1n) is 9.68. The van der Waals surface area contributed by atoms with Crippen molar-refractivity contribution in [1.82, 2.24) is 9.47 Å². The molecule has 3 aromatic rings. The summed E-state index contributed by atoms with van der Waals surface area (Å²) in [6, 6.07) is 21.1. The Bertz CT molecular complexity index is 947. The lowest BCUT2D eigenvalue weighted by molar-refractivity contribution is 0.293. The number of benzene rings is 2. The molecule has 144 valence electrons. The molecule has 0 fully saturated rings. The second kappa shape index (κ2) is 8.07. The van der Waals surface area contributed by atoms with Gasteiger partial charge < -0.3 is 19.5 Å². The lowest BCUT2D eigenvalue weighted by Gasteiger charge is -2.39. The molecule has 2 aromatic carbocycles. The molecule has 0 amide bonds. The topological polar surface area (TPSA) is 29.4 Å². The fraction of sp³-hybridized carbons (Fsp3) is 0.261. The molecule has 4 nitrogen and oxygen atoms in total. The fourth-order valence-corrected chi connectivity index (χ4v) is 4.01. The molecule has 0 spiro atoms. The van der Waals surface area contributed by atoms with Crippen molar-refractivity contribution in [2.24, 2.45) is 0 Å². The molecule has 0 unspecified atom stereocenters. The van der Waals surface area contributed by atoms with Gasteiger partial charge in [0.1, 0.15) is 5.75 Å². The number of hydrogen-bond acceptors (Lipinski definition) is 2. The highest BCUT2D eigenvalue weighted by Crippen LogP contribution is 2.33. The number of hydrogen-bond donors (Lipinski definition) is 1. The van der Waals surface area contributed by atoms with Crippen LogP contribution < -0.4 is 10.1 Å². The van der Waals surface area contributed by atoms with Gasteiger partial charge in [0.15, 0.2) is 5.11 Å². The Labute approximate surface area is 171 Å². The van der Waals surface area contributed by atoms with E-state index in [0.29, 0.717) is 6.61 Å². The molecule has 4 rings (SSSR count). The van der Waals surface area contributed by atoms with E-state index in [-0.39, 0.29) is 6.04 Å². The third-order valence-electron chi connectivity index (χ3n) is 5.11. The molecule has 2 heterocycles. The molecule has 0 aliphatic carbocycles. The van der Waals surface area contributed by atoms with Crippen LogP contribution >= 0.6 is 12.2 Å². The molecule has 1 aliphatic heterocycles. The number of nitrogens with one attached hydrogen (secondary N) is 1. The second-order valence-electron chi connectivity index (χ2n) is 7.02. The Kier molecular flexibility index (Phi) is 5.35. The Hall–Kier alpha value is -2.79. The van der Waals surface area contributed by atoms with E-state index < -0.39 is 0 Å². The van der Waals surface area contributed by atoms with Crippen molar-refractivity contribution in [3.63, 3.8) is 0 Å². The molecule has 28 heavy (non-hydrogen) atoms. The molecule has 1 aromatic heterocycles. The molecule has 1 N–H and O–H groups in total. The van der Waals surface area contributed by atoms with Crippen LogP contribution in [0.1, 0.15) is 29.8 Å². The summed E-state index contributed by atoms with van der Waals surface area (Å²) in [5.74, 6) is 0.868. The van der Waals surface area contributed by atoms with Gasteiger partial charge in [0.05, 0.1) is 12.6 Å². The van der Waals surface area contributed by atoms with Crippen LogP contribution in [0.2, 0.25) is 0 Å². The van der Waals surface area contributed by atoms with E-state index in [4.69, 9.17) is 17.0 Å². The summed E-state index contributed by atoms with van der Waals surface area (Å²) in [5, 5.41) is 4.15. The van der Waals surface area contributed by atoms with Crippen molar-refractivity contribution in [2.75, 3.05) is 18.5 Å². The molecule has 1 atom stereocenters. The lowest BCUT2D eigenvalue weighted by Crippen LogP contribution is -2.44. The van der Waals surface area contributed by atoms with E-state index >= 15 is 0 Å². The Balaban J connectivity index is 1.59. The number of fused-ring (bicyclic) bond motifs is 1. The fourth-order valence-electron chi connectivity index (χ4n) is 3.70. The van der Waals surface area contributed by atoms with Crippen LogP contribution in [0.4, 0.5) is 5.69 Å². The maximum absolute atomic E-state index is 5.82. The minimum atomic E-state index is 0.104. The van der Waals surface area contributed by atoms with E-state index in [1.54, 1.807) is 0 Å². The molecule has 0 bridgehead atoms. The van der Waals surface area contributed by atoms with Crippen LogP contribution in [0.5, 0.6) is 5.75 Å². The van der Waals surface area contributed by atoms with Gasteiger partial charge in [-0.2, -0.15) is 0 Å². The number of anilines is 1. The number of nitrogens with zero attached hydrogens (tertiary/aromatic N) is 2. The molecular weight excluding hydrogens is 366 g/mol. The number of thiocarbonyl (C=S) groups is 1.